The predicted molar refractivity (Wildman–Crippen MR) is 59.2 cm³/mol. The Labute approximate surface area is 99.8 Å². The van der Waals surface area contributed by atoms with Gasteiger partial charge in [-0.1, -0.05) is 13.8 Å². The van der Waals surface area contributed by atoms with E-state index in [-0.39, 0.29) is 6.61 Å². The Morgan fingerprint density at radius 1 is 1.47 bits per heavy atom. The lowest BCUT2D eigenvalue weighted by molar-refractivity contribution is -0.156. The molecule has 0 saturated carbocycles. The Kier molecular flexibility index (Phi) is 4.11. The fourth-order valence-corrected chi connectivity index (χ4v) is 1.87. The third-order valence-electron chi connectivity index (χ3n) is 3.20. The van der Waals surface area contributed by atoms with Crippen molar-refractivity contribution in [2.75, 3.05) is 13.2 Å². The lowest BCUT2D eigenvalue weighted by Crippen LogP contribution is -2.50. The first-order chi connectivity index (χ1) is 7.81. The third-order valence-corrected chi connectivity index (χ3v) is 3.20. The van der Waals surface area contributed by atoms with Crippen molar-refractivity contribution < 1.29 is 24.9 Å². The minimum atomic E-state index is -1.38. The second-order valence-corrected chi connectivity index (χ2v) is 5.08. The Morgan fingerprint density at radius 2 is 2.06 bits per heavy atom. The summed E-state index contributed by atoms with van der Waals surface area (Å²) in [6, 6.07) is -0.855. The first-order valence-corrected chi connectivity index (χ1v) is 5.63. The molecule has 0 unspecified atom stereocenters. The third kappa shape index (κ3) is 2.76. The van der Waals surface area contributed by atoms with Crippen molar-refractivity contribution in [1.82, 2.24) is 4.90 Å². The van der Waals surface area contributed by atoms with E-state index in [0.717, 1.165) is 0 Å². The van der Waals surface area contributed by atoms with Gasteiger partial charge in [-0.05, 0) is 12.8 Å². The van der Waals surface area contributed by atoms with Crippen LogP contribution in [-0.2, 0) is 9.59 Å². The molecule has 1 fully saturated rings. The van der Waals surface area contributed by atoms with Crippen LogP contribution in [0.3, 0.4) is 0 Å². The number of nitrogens with zero attached hydrogens (tertiary/aromatic N) is 1. The van der Waals surface area contributed by atoms with Gasteiger partial charge >= 0.3 is 5.97 Å². The second kappa shape index (κ2) is 5.01. The smallest absolute Gasteiger partial charge is 0.326 e. The first kappa shape index (κ1) is 13.9. The van der Waals surface area contributed by atoms with Crippen LogP contribution in [0.25, 0.3) is 0 Å². The molecule has 1 amide bonds. The molecule has 0 spiro atoms. The molecule has 1 aliphatic rings. The van der Waals surface area contributed by atoms with Gasteiger partial charge < -0.3 is 20.2 Å². The van der Waals surface area contributed by atoms with E-state index in [2.05, 4.69) is 0 Å². The molecule has 6 heteroatoms. The summed E-state index contributed by atoms with van der Waals surface area (Å²) in [6.07, 6.45) is -0.352. The molecule has 2 atom stereocenters. The Balaban J connectivity index is 2.79. The number of rotatable bonds is 4. The molecular formula is C11H19NO5. The van der Waals surface area contributed by atoms with Crippen molar-refractivity contribution in [3.8, 4) is 0 Å². The normalized spacial score (nSPS) is 22.6. The molecule has 1 aliphatic heterocycles. The van der Waals surface area contributed by atoms with Crippen LogP contribution in [0.4, 0.5) is 0 Å². The zero-order valence-corrected chi connectivity index (χ0v) is 10.1. The molecule has 0 radical (unpaired) electrons. The van der Waals surface area contributed by atoms with E-state index in [1.807, 2.05) is 0 Å². The van der Waals surface area contributed by atoms with Crippen molar-refractivity contribution in [1.29, 1.82) is 0 Å². The highest BCUT2D eigenvalue weighted by molar-refractivity contribution is 5.87. The number of carboxylic acids is 1. The van der Waals surface area contributed by atoms with E-state index in [1.165, 1.54) is 4.90 Å². The van der Waals surface area contributed by atoms with E-state index in [4.69, 9.17) is 10.2 Å². The summed E-state index contributed by atoms with van der Waals surface area (Å²) >= 11 is 0. The van der Waals surface area contributed by atoms with Crippen molar-refractivity contribution in [3.05, 3.63) is 0 Å². The number of aliphatic hydroxyl groups is 2. The van der Waals surface area contributed by atoms with Crippen LogP contribution < -0.4 is 0 Å². The van der Waals surface area contributed by atoms with E-state index < -0.39 is 29.4 Å². The van der Waals surface area contributed by atoms with Gasteiger partial charge in [-0.15, -0.1) is 0 Å². The summed E-state index contributed by atoms with van der Waals surface area (Å²) in [7, 11) is 0. The van der Waals surface area contributed by atoms with Crippen LogP contribution >= 0.6 is 0 Å². The maximum Gasteiger partial charge on any atom is 0.326 e. The minimum absolute atomic E-state index is 0.342. The highest BCUT2D eigenvalue weighted by Gasteiger charge is 2.41. The van der Waals surface area contributed by atoms with Gasteiger partial charge in [0.05, 0.1) is 6.61 Å². The van der Waals surface area contributed by atoms with Gasteiger partial charge in [0, 0.05) is 12.0 Å². The van der Waals surface area contributed by atoms with Crippen molar-refractivity contribution >= 4 is 11.9 Å². The highest BCUT2D eigenvalue weighted by atomic mass is 16.4. The van der Waals surface area contributed by atoms with Crippen molar-refractivity contribution in [3.63, 3.8) is 0 Å². The van der Waals surface area contributed by atoms with E-state index >= 15 is 0 Å². The van der Waals surface area contributed by atoms with Gasteiger partial charge in [-0.3, -0.25) is 4.79 Å². The van der Waals surface area contributed by atoms with Crippen LogP contribution in [0.1, 0.15) is 26.7 Å². The maximum absolute atomic E-state index is 12.0. The van der Waals surface area contributed by atoms with Gasteiger partial charge in [0.25, 0.3) is 5.91 Å². The lowest BCUT2D eigenvalue weighted by atomic mass is 9.86. The monoisotopic (exact) mass is 245 g/mol. The SMILES string of the molecule is CC(C)(CO)[C@@H](O)C(=O)N1CCC[C@H]1C(=O)O. The van der Waals surface area contributed by atoms with E-state index in [0.29, 0.717) is 19.4 Å². The Morgan fingerprint density at radius 3 is 2.53 bits per heavy atom. The van der Waals surface area contributed by atoms with E-state index in [1.54, 1.807) is 13.8 Å². The van der Waals surface area contributed by atoms with Gasteiger partial charge in [-0.2, -0.15) is 0 Å². The fraction of sp³-hybridized carbons (Fsp3) is 0.818. The number of carboxylic acid groups (broad SMARTS) is 1. The number of hydrogen-bond donors (Lipinski definition) is 3. The first-order valence-electron chi connectivity index (χ1n) is 5.63. The standard InChI is InChI=1S/C11H19NO5/c1-11(2,6-13)8(14)9(15)12-5-3-4-7(12)10(16)17/h7-8,13-14H,3-6H2,1-2H3,(H,16,17)/t7-,8-/m0/s1. The molecular weight excluding hydrogens is 226 g/mol. The largest absolute Gasteiger partial charge is 0.480 e. The molecule has 3 N–H and O–H groups in total. The van der Waals surface area contributed by atoms with Crippen LogP contribution in [0.5, 0.6) is 0 Å². The van der Waals surface area contributed by atoms with Crippen LogP contribution in [0, 0.1) is 5.41 Å². The van der Waals surface area contributed by atoms with Crippen molar-refractivity contribution in [2.45, 2.75) is 38.8 Å². The maximum atomic E-state index is 12.0. The molecule has 0 aliphatic carbocycles. The molecule has 1 rings (SSSR count). The number of hydrogen-bond acceptors (Lipinski definition) is 4. The van der Waals surface area contributed by atoms with Crippen LogP contribution in [-0.4, -0.2) is 57.4 Å². The lowest BCUT2D eigenvalue weighted by Gasteiger charge is -2.32. The zero-order valence-electron chi connectivity index (χ0n) is 10.1. The number of carbonyl (C=O) groups is 2. The predicted octanol–water partition coefficient (Wildman–Crippen LogP) is -0.559. The molecule has 0 aromatic heterocycles. The number of aliphatic hydroxyl groups excluding tert-OH is 2. The number of aliphatic carboxylic acids is 1. The number of amides is 1. The van der Waals surface area contributed by atoms with Gasteiger partial charge in [-0.25, -0.2) is 4.79 Å². The van der Waals surface area contributed by atoms with Gasteiger partial charge in [0.2, 0.25) is 0 Å². The quantitative estimate of drug-likeness (QED) is 0.617. The van der Waals surface area contributed by atoms with Gasteiger partial charge in [0.15, 0.2) is 0 Å². The molecule has 1 heterocycles. The molecule has 17 heavy (non-hydrogen) atoms. The molecule has 1 saturated heterocycles. The Hall–Kier alpha value is -1.14. The summed E-state index contributed by atoms with van der Waals surface area (Å²) in [5.41, 5.74) is -0.970. The summed E-state index contributed by atoms with van der Waals surface area (Å²) in [5.74, 6) is -1.67. The zero-order chi connectivity index (χ0) is 13.2. The number of likely N-dealkylation sites (tertiary alicyclic amines) is 1. The average molecular weight is 245 g/mol. The summed E-state index contributed by atoms with van der Waals surface area (Å²) in [6.45, 7) is 3.11. The fourth-order valence-electron chi connectivity index (χ4n) is 1.87. The molecule has 0 aromatic carbocycles. The average Bonchev–Trinajstić information content (AvgIpc) is 2.75. The highest BCUT2D eigenvalue weighted by Crippen LogP contribution is 2.25. The number of carbonyl (C=O) groups excluding carboxylic acids is 1. The molecule has 0 bridgehead atoms. The summed E-state index contributed by atoms with van der Waals surface area (Å²) in [5, 5.41) is 27.9. The Bertz CT molecular complexity index is 315. The summed E-state index contributed by atoms with van der Waals surface area (Å²) < 4.78 is 0. The van der Waals surface area contributed by atoms with Gasteiger partial charge in [0.1, 0.15) is 12.1 Å². The summed E-state index contributed by atoms with van der Waals surface area (Å²) in [4.78, 5) is 24.1. The van der Waals surface area contributed by atoms with Crippen LogP contribution in [0.15, 0.2) is 0 Å². The molecule has 0 aromatic rings. The topological polar surface area (TPSA) is 98.1 Å². The minimum Gasteiger partial charge on any atom is -0.480 e. The molecule has 6 nitrogen and oxygen atoms in total. The van der Waals surface area contributed by atoms with E-state index in [9.17, 15) is 14.7 Å². The second-order valence-electron chi connectivity index (χ2n) is 5.08. The van der Waals surface area contributed by atoms with Crippen LogP contribution in [0.2, 0.25) is 0 Å². The van der Waals surface area contributed by atoms with Crippen molar-refractivity contribution in [2.24, 2.45) is 5.41 Å². The molecule has 98 valence electrons.